The lowest BCUT2D eigenvalue weighted by atomic mass is 10.1. The summed E-state index contributed by atoms with van der Waals surface area (Å²) in [6.45, 7) is 5.76. The fraction of sp³-hybridized carbons (Fsp3) is 0.429. The molecule has 1 saturated heterocycles. The van der Waals surface area contributed by atoms with Crippen molar-refractivity contribution in [3.05, 3.63) is 57.8 Å². The molecule has 1 aliphatic heterocycles. The molecule has 0 atom stereocenters. The molecule has 0 saturated carbocycles. The van der Waals surface area contributed by atoms with E-state index in [1.165, 1.54) is 5.56 Å². The lowest BCUT2D eigenvalue weighted by Gasteiger charge is -2.30. The van der Waals surface area contributed by atoms with E-state index in [-0.39, 0.29) is 18.4 Å². The minimum Gasteiger partial charge on any atom is -0.339 e. The number of hydrogen-bond acceptors (Lipinski definition) is 4. The van der Waals surface area contributed by atoms with Crippen LogP contribution in [0.5, 0.6) is 0 Å². The summed E-state index contributed by atoms with van der Waals surface area (Å²) in [5.74, 6) is 0.0294. The van der Waals surface area contributed by atoms with E-state index in [2.05, 4.69) is 36.5 Å². The number of thiophene rings is 1. The van der Waals surface area contributed by atoms with Gasteiger partial charge < -0.3 is 15.1 Å². The van der Waals surface area contributed by atoms with Gasteiger partial charge in [-0.05, 0) is 29.0 Å². The number of piperazine rings is 1. The van der Waals surface area contributed by atoms with Crippen LogP contribution < -0.4 is 5.32 Å². The van der Waals surface area contributed by atoms with Gasteiger partial charge in [-0.25, -0.2) is 0 Å². The summed E-state index contributed by atoms with van der Waals surface area (Å²) in [5.41, 5.74) is 2.33. The normalized spacial score (nSPS) is 14.2. The topological polar surface area (TPSA) is 52.7 Å². The molecule has 0 spiro atoms. The van der Waals surface area contributed by atoms with Crippen LogP contribution in [0.1, 0.15) is 22.9 Å². The Morgan fingerprint density at radius 3 is 2.44 bits per heavy atom. The van der Waals surface area contributed by atoms with E-state index < -0.39 is 0 Å². The number of aryl methyl sites for hydroxylation is 1. The van der Waals surface area contributed by atoms with Gasteiger partial charge in [-0.3, -0.25) is 9.59 Å². The van der Waals surface area contributed by atoms with Gasteiger partial charge in [0.15, 0.2) is 0 Å². The third-order valence-electron chi connectivity index (χ3n) is 4.86. The second-order valence-corrected chi connectivity index (χ2v) is 7.84. The molecule has 2 amide bonds. The van der Waals surface area contributed by atoms with Crippen molar-refractivity contribution in [3.63, 3.8) is 0 Å². The zero-order valence-electron chi connectivity index (χ0n) is 15.8. The van der Waals surface area contributed by atoms with Crippen molar-refractivity contribution < 1.29 is 9.59 Å². The molecular weight excluding hydrogens is 358 g/mol. The lowest BCUT2D eigenvalue weighted by Crippen LogP contribution is -2.50. The van der Waals surface area contributed by atoms with Crippen molar-refractivity contribution in [1.29, 1.82) is 0 Å². The van der Waals surface area contributed by atoms with E-state index in [0.29, 0.717) is 26.1 Å². The summed E-state index contributed by atoms with van der Waals surface area (Å²) < 4.78 is 0. The molecule has 1 N–H and O–H groups in total. The Morgan fingerprint density at radius 2 is 1.81 bits per heavy atom. The van der Waals surface area contributed by atoms with Crippen molar-refractivity contribution in [2.75, 3.05) is 32.7 Å². The first-order valence-electron chi connectivity index (χ1n) is 9.52. The third-order valence-corrected chi connectivity index (χ3v) is 5.74. The number of hydrogen-bond donors (Lipinski definition) is 1. The van der Waals surface area contributed by atoms with Crippen molar-refractivity contribution in [3.8, 4) is 0 Å². The third kappa shape index (κ3) is 5.65. The fourth-order valence-electron chi connectivity index (χ4n) is 3.18. The zero-order chi connectivity index (χ0) is 19.1. The maximum Gasteiger partial charge on any atom is 0.242 e. The van der Waals surface area contributed by atoms with E-state index in [1.54, 1.807) is 16.2 Å². The summed E-state index contributed by atoms with van der Waals surface area (Å²) in [6.07, 6.45) is 1.34. The molecule has 0 aliphatic carbocycles. The van der Waals surface area contributed by atoms with Gasteiger partial charge in [-0.1, -0.05) is 37.3 Å². The minimum atomic E-state index is 0.000465. The zero-order valence-corrected chi connectivity index (χ0v) is 16.6. The predicted molar refractivity (Wildman–Crippen MR) is 109 cm³/mol. The van der Waals surface area contributed by atoms with Gasteiger partial charge in [-0.2, -0.15) is 0 Å². The Balaban J connectivity index is 1.70. The molecule has 1 fully saturated rings. The van der Waals surface area contributed by atoms with Crippen LogP contribution in [-0.4, -0.2) is 54.3 Å². The van der Waals surface area contributed by atoms with Crippen LogP contribution in [-0.2, 0) is 29.0 Å². The fourth-order valence-corrected chi connectivity index (χ4v) is 3.88. The first-order chi connectivity index (χ1) is 13.2. The summed E-state index contributed by atoms with van der Waals surface area (Å²) in [4.78, 5) is 30.2. The summed E-state index contributed by atoms with van der Waals surface area (Å²) in [5, 5.41) is 5.23. The molecule has 6 heteroatoms. The number of benzene rings is 1. The second kappa shape index (κ2) is 9.67. The maximum absolute atomic E-state index is 12.9. The van der Waals surface area contributed by atoms with Crippen molar-refractivity contribution in [2.24, 2.45) is 0 Å². The van der Waals surface area contributed by atoms with E-state index in [4.69, 9.17) is 0 Å². The molecule has 0 radical (unpaired) electrons. The molecule has 3 rings (SSSR count). The molecule has 0 bridgehead atoms. The van der Waals surface area contributed by atoms with E-state index in [0.717, 1.165) is 30.0 Å². The Bertz CT molecular complexity index is 737. The second-order valence-electron chi connectivity index (χ2n) is 6.81. The van der Waals surface area contributed by atoms with Crippen LogP contribution in [0.3, 0.4) is 0 Å². The Hall–Kier alpha value is -2.18. The highest BCUT2D eigenvalue weighted by atomic mass is 32.1. The number of carbonyl (C=O) groups excluding carboxylic acids is 2. The average Bonchev–Trinajstić information content (AvgIpc) is 3.21. The first kappa shape index (κ1) is 19.6. The SMILES string of the molecule is CCc1ccc(CN(CC(=O)N2CCNCC2)C(=O)Cc2cccs2)cc1. The predicted octanol–water partition coefficient (Wildman–Crippen LogP) is 2.31. The summed E-state index contributed by atoms with van der Waals surface area (Å²) >= 11 is 1.58. The average molecular weight is 386 g/mol. The Labute approximate surface area is 165 Å². The van der Waals surface area contributed by atoms with Gasteiger partial charge in [0.2, 0.25) is 11.8 Å². The molecule has 5 nitrogen and oxygen atoms in total. The molecule has 1 aliphatic rings. The largest absolute Gasteiger partial charge is 0.339 e. The molecule has 27 heavy (non-hydrogen) atoms. The van der Waals surface area contributed by atoms with Crippen LogP contribution in [0.15, 0.2) is 41.8 Å². The smallest absolute Gasteiger partial charge is 0.242 e. The van der Waals surface area contributed by atoms with Crippen LogP contribution in [0.2, 0.25) is 0 Å². The molecule has 1 aromatic carbocycles. The Kier molecular flexibility index (Phi) is 7.01. The Morgan fingerprint density at radius 1 is 1.11 bits per heavy atom. The van der Waals surface area contributed by atoms with E-state index in [9.17, 15) is 9.59 Å². The number of nitrogens with one attached hydrogen (secondary N) is 1. The first-order valence-corrected chi connectivity index (χ1v) is 10.4. The number of carbonyl (C=O) groups is 2. The van der Waals surface area contributed by atoms with Gasteiger partial charge in [0.25, 0.3) is 0 Å². The molecule has 0 unspecified atom stereocenters. The monoisotopic (exact) mass is 385 g/mol. The lowest BCUT2D eigenvalue weighted by molar-refractivity contribution is -0.141. The van der Waals surface area contributed by atoms with Crippen molar-refractivity contribution >= 4 is 23.2 Å². The summed E-state index contributed by atoms with van der Waals surface area (Å²) in [6, 6.07) is 12.2. The highest BCUT2D eigenvalue weighted by Crippen LogP contribution is 2.14. The van der Waals surface area contributed by atoms with Crippen LogP contribution in [0, 0.1) is 0 Å². The standard InChI is InChI=1S/C21H27N3O2S/c1-2-17-5-7-18(8-6-17)15-24(20(25)14-19-4-3-13-27-19)16-21(26)23-11-9-22-10-12-23/h3-8,13,22H,2,9-12,14-16H2,1H3. The van der Waals surface area contributed by atoms with E-state index >= 15 is 0 Å². The number of amides is 2. The quantitative estimate of drug-likeness (QED) is 0.796. The van der Waals surface area contributed by atoms with Gasteiger partial charge >= 0.3 is 0 Å². The highest BCUT2D eigenvalue weighted by molar-refractivity contribution is 7.10. The molecule has 1 aromatic heterocycles. The minimum absolute atomic E-state index is 0.000465. The molecule has 2 heterocycles. The molecule has 144 valence electrons. The van der Waals surface area contributed by atoms with Crippen LogP contribution >= 0.6 is 11.3 Å². The van der Waals surface area contributed by atoms with Crippen LogP contribution in [0.25, 0.3) is 0 Å². The van der Waals surface area contributed by atoms with Gasteiger partial charge in [0, 0.05) is 37.6 Å². The van der Waals surface area contributed by atoms with E-state index in [1.807, 2.05) is 22.4 Å². The van der Waals surface area contributed by atoms with Gasteiger partial charge in [0.05, 0.1) is 6.42 Å². The molecular formula is C21H27N3O2S. The van der Waals surface area contributed by atoms with Gasteiger partial charge in [-0.15, -0.1) is 11.3 Å². The molecule has 2 aromatic rings. The summed E-state index contributed by atoms with van der Waals surface area (Å²) in [7, 11) is 0. The van der Waals surface area contributed by atoms with Crippen molar-refractivity contribution in [1.82, 2.24) is 15.1 Å². The maximum atomic E-state index is 12.9. The van der Waals surface area contributed by atoms with Gasteiger partial charge in [0.1, 0.15) is 6.54 Å². The van der Waals surface area contributed by atoms with Crippen LogP contribution in [0.4, 0.5) is 0 Å². The number of nitrogens with zero attached hydrogens (tertiary/aromatic N) is 2. The number of rotatable bonds is 7. The highest BCUT2D eigenvalue weighted by Gasteiger charge is 2.23. The van der Waals surface area contributed by atoms with Crippen molar-refractivity contribution in [2.45, 2.75) is 26.3 Å².